The summed E-state index contributed by atoms with van der Waals surface area (Å²) >= 11 is 0. The number of aromatic nitrogens is 1. The maximum absolute atomic E-state index is 12.6. The van der Waals surface area contributed by atoms with Crippen molar-refractivity contribution in [1.82, 2.24) is 4.98 Å². The molecule has 0 fully saturated rings. The highest BCUT2D eigenvalue weighted by Crippen LogP contribution is 2.37. The highest BCUT2D eigenvalue weighted by atomic mass is 32.2. The van der Waals surface area contributed by atoms with Crippen LogP contribution in [0.3, 0.4) is 0 Å². The molecule has 1 heterocycles. The van der Waals surface area contributed by atoms with E-state index in [0.717, 1.165) is 44.3 Å². The van der Waals surface area contributed by atoms with E-state index < -0.39 is 20.0 Å². The summed E-state index contributed by atoms with van der Waals surface area (Å²) in [6.45, 7) is 7.16. The topological polar surface area (TPSA) is 73.3 Å². The smallest absolute Gasteiger partial charge is 0.315 e. The molecule has 0 saturated heterocycles. The van der Waals surface area contributed by atoms with Crippen molar-refractivity contribution in [3.8, 4) is 22.3 Å². The molecule has 0 bridgehead atoms. The summed E-state index contributed by atoms with van der Waals surface area (Å²) in [4.78, 5) is 16.8. The summed E-state index contributed by atoms with van der Waals surface area (Å²) in [5.41, 5.74) is 5.51. The van der Waals surface area contributed by atoms with E-state index in [-0.39, 0.29) is 5.97 Å². The summed E-state index contributed by atoms with van der Waals surface area (Å²) in [5, 5.41) is 0.890. The van der Waals surface area contributed by atoms with Gasteiger partial charge in [0, 0.05) is 23.4 Å². The third-order valence-electron chi connectivity index (χ3n) is 7.14. The lowest BCUT2D eigenvalue weighted by Crippen LogP contribution is -2.30. The molecule has 36 heavy (non-hydrogen) atoms. The first-order valence-corrected chi connectivity index (χ1v) is 13.6. The summed E-state index contributed by atoms with van der Waals surface area (Å²) in [5.74, 6) is -0.284. The van der Waals surface area contributed by atoms with Gasteiger partial charge in [0.1, 0.15) is 0 Å². The van der Waals surface area contributed by atoms with Crippen LogP contribution in [0, 0.1) is 0 Å². The lowest BCUT2D eigenvalue weighted by atomic mass is 9.84. The zero-order valence-electron chi connectivity index (χ0n) is 21.5. The predicted octanol–water partition coefficient (Wildman–Crippen LogP) is 6.30. The van der Waals surface area contributed by atoms with Crippen molar-refractivity contribution in [2.75, 3.05) is 13.4 Å². The molecule has 4 rings (SSSR count). The van der Waals surface area contributed by atoms with Gasteiger partial charge in [-0.15, -0.1) is 0 Å². The van der Waals surface area contributed by atoms with E-state index in [9.17, 15) is 13.2 Å². The highest BCUT2D eigenvalue weighted by Gasteiger charge is 2.33. The number of carbonyl (C=O) groups excluding carboxylic acids is 1. The van der Waals surface area contributed by atoms with Gasteiger partial charge in [-0.3, -0.25) is 9.78 Å². The number of methoxy groups -OCH3 is 1. The number of hydrogen-bond acceptors (Lipinski definition) is 5. The lowest BCUT2D eigenvalue weighted by Gasteiger charge is -2.24. The standard InChI is InChI=1S/C30H31NO4S/c1-29(2,28(32)35-5)24-14-12-20(13-15-24)21-9-7-10-22(17-21)26-19-25(30(3,4)36(6,33)34)18-23-11-8-16-31-27(23)26/h7-19H,1-6H3. The van der Waals surface area contributed by atoms with Crippen LogP contribution in [-0.4, -0.2) is 32.7 Å². The van der Waals surface area contributed by atoms with Gasteiger partial charge in [-0.2, -0.15) is 0 Å². The van der Waals surface area contributed by atoms with Crippen LogP contribution in [0.2, 0.25) is 0 Å². The molecule has 1 aromatic heterocycles. The quantitative estimate of drug-likeness (QED) is 0.290. The van der Waals surface area contributed by atoms with Gasteiger partial charge in [0.25, 0.3) is 0 Å². The third kappa shape index (κ3) is 4.53. The number of nitrogens with zero attached hydrogens (tertiary/aromatic N) is 1. The molecule has 5 nitrogen and oxygen atoms in total. The number of sulfone groups is 1. The maximum atomic E-state index is 12.6. The summed E-state index contributed by atoms with van der Waals surface area (Å²) in [7, 11) is -1.95. The predicted molar refractivity (Wildman–Crippen MR) is 146 cm³/mol. The van der Waals surface area contributed by atoms with Crippen molar-refractivity contribution < 1.29 is 17.9 Å². The van der Waals surface area contributed by atoms with E-state index >= 15 is 0 Å². The molecule has 0 amide bonds. The van der Waals surface area contributed by atoms with Crippen LogP contribution in [-0.2, 0) is 29.5 Å². The second-order valence-electron chi connectivity index (χ2n) is 10.2. The van der Waals surface area contributed by atoms with Crippen LogP contribution in [0.1, 0.15) is 38.8 Å². The Bertz CT molecular complexity index is 1550. The lowest BCUT2D eigenvalue weighted by molar-refractivity contribution is -0.146. The van der Waals surface area contributed by atoms with Gasteiger partial charge in [0.2, 0.25) is 0 Å². The Balaban J connectivity index is 1.82. The number of pyridine rings is 1. The zero-order chi connectivity index (χ0) is 26.3. The van der Waals surface area contributed by atoms with Gasteiger partial charge in [0.05, 0.1) is 22.8 Å². The first-order chi connectivity index (χ1) is 16.9. The van der Waals surface area contributed by atoms with Crippen molar-refractivity contribution in [1.29, 1.82) is 0 Å². The second kappa shape index (κ2) is 9.17. The maximum Gasteiger partial charge on any atom is 0.315 e. The number of fused-ring (bicyclic) bond motifs is 1. The van der Waals surface area contributed by atoms with Gasteiger partial charge < -0.3 is 4.74 Å². The first-order valence-electron chi connectivity index (χ1n) is 11.7. The average molecular weight is 502 g/mol. The molecule has 0 spiro atoms. The Morgan fingerprint density at radius 1 is 0.806 bits per heavy atom. The summed E-state index contributed by atoms with van der Waals surface area (Å²) < 4.78 is 29.1. The minimum Gasteiger partial charge on any atom is -0.468 e. The number of ether oxygens (including phenoxy) is 1. The minimum absolute atomic E-state index is 0.284. The van der Waals surface area contributed by atoms with Crippen molar-refractivity contribution in [3.05, 3.63) is 90.1 Å². The number of hydrogen-bond donors (Lipinski definition) is 0. The molecule has 0 atom stereocenters. The van der Waals surface area contributed by atoms with Crippen LogP contribution < -0.4 is 0 Å². The van der Waals surface area contributed by atoms with Gasteiger partial charge >= 0.3 is 5.97 Å². The fourth-order valence-corrected chi connectivity index (χ4v) is 4.84. The molecule has 0 aliphatic carbocycles. The number of esters is 1. The van der Waals surface area contributed by atoms with Crippen LogP contribution in [0.25, 0.3) is 33.2 Å². The van der Waals surface area contributed by atoms with Crippen LogP contribution in [0.15, 0.2) is 79.0 Å². The van der Waals surface area contributed by atoms with E-state index in [0.29, 0.717) is 0 Å². The summed E-state index contributed by atoms with van der Waals surface area (Å²) in [6, 6.07) is 23.7. The van der Waals surface area contributed by atoms with Crippen LogP contribution in [0.5, 0.6) is 0 Å². The molecule has 4 aromatic rings. The molecule has 0 aliphatic rings. The fourth-order valence-electron chi connectivity index (χ4n) is 4.29. The molecule has 6 heteroatoms. The highest BCUT2D eigenvalue weighted by molar-refractivity contribution is 7.91. The Labute approximate surface area is 213 Å². The average Bonchev–Trinajstić information content (AvgIpc) is 2.87. The third-order valence-corrected chi connectivity index (χ3v) is 9.23. The van der Waals surface area contributed by atoms with Crippen LogP contribution >= 0.6 is 0 Å². The molecular formula is C30H31NO4S. The SMILES string of the molecule is COC(=O)C(C)(C)c1ccc(-c2cccc(-c3cc(C(C)(C)S(C)(=O)=O)cc4cccnc34)c2)cc1. The van der Waals surface area contributed by atoms with E-state index in [4.69, 9.17) is 4.74 Å². The normalized spacial score (nSPS) is 12.5. The van der Waals surface area contributed by atoms with Crippen molar-refractivity contribution in [2.45, 2.75) is 37.9 Å². The van der Waals surface area contributed by atoms with Gasteiger partial charge in [-0.05, 0) is 79.8 Å². The Kier molecular flexibility index (Phi) is 6.52. The molecule has 0 N–H and O–H groups in total. The molecule has 0 aliphatic heterocycles. The second-order valence-corrected chi connectivity index (χ2v) is 12.7. The van der Waals surface area contributed by atoms with Gasteiger partial charge in [0.15, 0.2) is 9.84 Å². The van der Waals surface area contributed by atoms with E-state index in [2.05, 4.69) is 11.1 Å². The van der Waals surface area contributed by atoms with Crippen molar-refractivity contribution in [3.63, 3.8) is 0 Å². The molecule has 0 radical (unpaired) electrons. The van der Waals surface area contributed by atoms with E-state index in [1.165, 1.54) is 13.4 Å². The first kappa shape index (κ1) is 25.6. The minimum atomic E-state index is -3.35. The molecule has 186 valence electrons. The fraction of sp³-hybridized carbons (Fsp3) is 0.267. The molecule has 0 saturated carbocycles. The van der Waals surface area contributed by atoms with E-state index in [1.807, 2.05) is 80.6 Å². The molecule has 0 unspecified atom stereocenters. The summed E-state index contributed by atoms with van der Waals surface area (Å²) in [6.07, 6.45) is 3.02. The zero-order valence-corrected chi connectivity index (χ0v) is 22.3. The number of benzene rings is 3. The number of carbonyl (C=O) groups is 1. The van der Waals surface area contributed by atoms with Gasteiger partial charge in [-0.1, -0.05) is 48.5 Å². The molecular weight excluding hydrogens is 470 g/mol. The van der Waals surface area contributed by atoms with Gasteiger partial charge in [-0.25, -0.2) is 8.42 Å². The Hall–Kier alpha value is -3.51. The Morgan fingerprint density at radius 3 is 2.11 bits per heavy atom. The van der Waals surface area contributed by atoms with Crippen LogP contribution in [0.4, 0.5) is 0 Å². The monoisotopic (exact) mass is 501 g/mol. The largest absolute Gasteiger partial charge is 0.468 e. The van der Waals surface area contributed by atoms with Crippen molar-refractivity contribution in [2.24, 2.45) is 0 Å². The van der Waals surface area contributed by atoms with E-state index in [1.54, 1.807) is 20.0 Å². The number of rotatable bonds is 6. The molecule has 3 aromatic carbocycles. The van der Waals surface area contributed by atoms with Crippen molar-refractivity contribution >= 4 is 26.7 Å². The Morgan fingerprint density at radius 2 is 1.47 bits per heavy atom.